The van der Waals surface area contributed by atoms with Crippen LogP contribution >= 0.6 is 0 Å². The van der Waals surface area contributed by atoms with Crippen LogP contribution in [-0.2, 0) is 26.2 Å². The molecular weight excluding hydrogens is 452 g/mol. The smallest absolute Gasteiger partial charge is 0.0727 e. The molecule has 0 unspecified atom stereocenters. The van der Waals surface area contributed by atoms with Crippen molar-refractivity contribution in [3.63, 3.8) is 0 Å². The van der Waals surface area contributed by atoms with Crippen molar-refractivity contribution in [3.05, 3.63) is 97.1 Å². The third-order valence-electron chi connectivity index (χ3n) is 6.56. The summed E-state index contributed by atoms with van der Waals surface area (Å²) in [6, 6.07) is 0.576. The molecule has 1 aliphatic carbocycles. The van der Waals surface area contributed by atoms with Crippen LogP contribution in [0.25, 0.3) is 0 Å². The second-order valence-electron chi connectivity index (χ2n) is 9.02. The van der Waals surface area contributed by atoms with Crippen molar-refractivity contribution in [2.45, 2.75) is 63.9 Å². The molecule has 0 spiro atoms. The highest BCUT2D eigenvalue weighted by Crippen LogP contribution is 2.31. The molecule has 2 atom stereocenters. The van der Waals surface area contributed by atoms with E-state index in [4.69, 9.17) is 0 Å². The molecule has 10 heteroatoms. The quantitative estimate of drug-likeness (QED) is 0.335. The van der Waals surface area contributed by atoms with Crippen LogP contribution in [0.2, 0.25) is 0 Å². The van der Waals surface area contributed by atoms with Crippen LogP contribution in [0, 0.1) is 0 Å². The van der Waals surface area contributed by atoms with Crippen molar-refractivity contribution in [3.8, 4) is 0 Å². The minimum Gasteiger partial charge on any atom is -0.287 e. The van der Waals surface area contributed by atoms with Gasteiger partial charge in [0.1, 0.15) is 0 Å². The zero-order valence-corrected chi connectivity index (χ0v) is 20.2. The molecule has 0 radical (unpaired) electrons. The summed E-state index contributed by atoms with van der Waals surface area (Å²) in [4.78, 5) is 40.4. The number of nitrogens with zero attached hydrogens (tertiary/aromatic N) is 10. The number of hydrogen-bond donors (Lipinski definition) is 0. The summed E-state index contributed by atoms with van der Waals surface area (Å²) in [5, 5.41) is 0. The lowest BCUT2D eigenvalue weighted by atomic mass is 9.87. The summed E-state index contributed by atoms with van der Waals surface area (Å²) in [5.41, 5.74) is 3.78. The maximum absolute atomic E-state index is 4.57. The largest absolute Gasteiger partial charge is 0.287 e. The summed E-state index contributed by atoms with van der Waals surface area (Å²) in [5.74, 6) is 0. The van der Waals surface area contributed by atoms with E-state index in [1.807, 2.05) is 24.8 Å². The van der Waals surface area contributed by atoms with Crippen molar-refractivity contribution in [1.82, 2.24) is 49.7 Å². The van der Waals surface area contributed by atoms with Gasteiger partial charge in [-0.2, -0.15) is 0 Å². The summed E-state index contributed by atoms with van der Waals surface area (Å²) in [6.45, 7) is 2.76. The van der Waals surface area contributed by atoms with Crippen LogP contribution < -0.4 is 0 Å². The summed E-state index contributed by atoms with van der Waals surface area (Å²) < 4.78 is 0. The van der Waals surface area contributed by atoms with Crippen LogP contribution in [0.15, 0.2) is 74.4 Å². The van der Waals surface area contributed by atoms with Gasteiger partial charge in [0.2, 0.25) is 0 Å². The predicted octanol–water partition coefficient (Wildman–Crippen LogP) is 2.86. The molecule has 0 saturated heterocycles. The molecule has 0 aromatic carbocycles. The molecule has 184 valence electrons. The first-order valence-corrected chi connectivity index (χ1v) is 12.3. The van der Waals surface area contributed by atoms with Crippen molar-refractivity contribution >= 4 is 0 Å². The lowest BCUT2D eigenvalue weighted by molar-refractivity contribution is 0.0270. The Bertz CT molecular complexity index is 986. The normalized spacial score (nSPS) is 17.9. The lowest BCUT2D eigenvalue weighted by Crippen LogP contribution is -2.52. The third-order valence-corrected chi connectivity index (χ3v) is 6.56. The van der Waals surface area contributed by atoms with Gasteiger partial charge in [-0.25, -0.2) is 0 Å². The molecule has 1 saturated carbocycles. The Kier molecular flexibility index (Phi) is 8.17. The summed E-state index contributed by atoms with van der Waals surface area (Å²) in [6.07, 6.45) is 25.8. The van der Waals surface area contributed by atoms with E-state index in [1.165, 1.54) is 12.8 Å². The van der Waals surface area contributed by atoms with E-state index >= 15 is 0 Å². The zero-order valence-electron chi connectivity index (χ0n) is 20.2. The Morgan fingerprint density at radius 1 is 0.472 bits per heavy atom. The molecule has 4 heterocycles. The molecule has 0 amide bonds. The van der Waals surface area contributed by atoms with Gasteiger partial charge in [-0.1, -0.05) is 12.8 Å². The van der Waals surface area contributed by atoms with Gasteiger partial charge < -0.3 is 0 Å². The molecule has 5 rings (SSSR count). The van der Waals surface area contributed by atoms with Crippen LogP contribution in [0.3, 0.4) is 0 Å². The predicted molar refractivity (Wildman–Crippen MR) is 133 cm³/mol. The van der Waals surface area contributed by atoms with Gasteiger partial charge in [-0.15, -0.1) is 0 Å². The van der Waals surface area contributed by atoms with Gasteiger partial charge >= 0.3 is 0 Å². The standard InChI is InChI=1S/C26H30N10/c1-2-4-26(36(19-23-15-29-7-11-33-23)20-24-16-30-8-12-34-24)25(3-1)35(17-21-13-27-5-9-31-21)18-22-14-28-6-10-32-22/h5-16,25-26H,1-4,17-20H2/t25-,26-/m0/s1. The average Bonchev–Trinajstić information content (AvgIpc) is 2.95. The Morgan fingerprint density at radius 3 is 1.03 bits per heavy atom. The topological polar surface area (TPSA) is 110 Å². The highest BCUT2D eigenvalue weighted by atomic mass is 15.3. The minimum atomic E-state index is 0.288. The van der Waals surface area contributed by atoms with E-state index in [2.05, 4.69) is 49.7 Å². The number of aromatic nitrogens is 8. The number of hydrogen-bond acceptors (Lipinski definition) is 10. The monoisotopic (exact) mass is 482 g/mol. The first kappa shape index (κ1) is 24.0. The van der Waals surface area contributed by atoms with Crippen molar-refractivity contribution in [2.75, 3.05) is 0 Å². The van der Waals surface area contributed by atoms with Crippen molar-refractivity contribution in [1.29, 1.82) is 0 Å². The second kappa shape index (κ2) is 12.3. The van der Waals surface area contributed by atoms with Crippen LogP contribution in [0.5, 0.6) is 0 Å². The molecule has 1 aliphatic rings. The highest BCUT2D eigenvalue weighted by molar-refractivity contribution is 5.05. The molecule has 4 aromatic heterocycles. The second-order valence-corrected chi connectivity index (χ2v) is 9.02. The Balaban J connectivity index is 1.45. The molecular formula is C26H30N10. The Hall–Kier alpha value is -3.76. The third kappa shape index (κ3) is 6.46. The zero-order chi connectivity index (χ0) is 24.4. The van der Waals surface area contributed by atoms with Gasteiger partial charge in [0.05, 0.1) is 22.8 Å². The molecule has 0 N–H and O–H groups in total. The van der Waals surface area contributed by atoms with E-state index in [0.717, 1.165) is 35.6 Å². The molecule has 4 aromatic rings. The van der Waals surface area contributed by atoms with Crippen LogP contribution in [0.1, 0.15) is 48.5 Å². The molecule has 1 fully saturated rings. The Morgan fingerprint density at radius 2 is 0.778 bits per heavy atom. The van der Waals surface area contributed by atoms with Gasteiger partial charge in [0.15, 0.2) is 0 Å². The molecule has 0 aliphatic heterocycles. The van der Waals surface area contributed by atoms with Crippen LogP contribution in [-0.4, -0.2) is 61.8 Å². The first-order chi connectivity index (χ1) is 17.8. The van der Waals surface area contributed by atoms with Gasteiger partial charge in [0.25, 0.3) is 0 Å². The Labute approximate surface area is 211 Å². The molecule has 0 bridgehead atoms. The van der Waals surface area contributed by atoms with E-state index in [1.54, 1.807) is 49.6 Å². The maximum Gasteiger partial charge on any atom is 0.0727 e. The van der Waals surface area contributed by atoms with Crippen molar-refractivity contribution in [2.24, 2.45) is 0 Å². The van der Waals surface area contributed by atoms with E-state index < -0.39 is 0 Å². The number of rotatable bonds is 10. The van der Waals surface area contributed by atoms with Gasteiger partial charge in [-0.05, 0) is 12.8 Å². The van der Waals surface area contributed by atoms with E-state index in [0.29, 0.717) is 26.2 Å². The maximum atomic E-state index is 4.57. The average molecular weight is 483 g/mol. The molecule has 10 nitrogen and oxygen atoms in total. The summed E-state index contributed by atoms with van der Waals surface area (Å²) >= 11 is 0. The summed E-state index contributed by atoms with van der Waals surface area (Å²) in [7, 11) is 0. The van der Waals surface area contributed by atoms with Crippen molar-refractivity contribution < 1.29 is 0 Å². The van der Waals surface area contributed by atoms with Gasteiger partial charge in [-0.3, -0.25) is 49.7 Å². The minimum absolute atomic E-state index is 0.288. The lowest BCUT2D eigenvalue weighted by Gasteiger charge is -2.45. The van der Waals surface area contributed by atoms with Gasteiger partial charge in [0, 0.05) is 113 Å². The van der Waals surface area contributed by atoms with E-state index in [-0.39, 0.29) is 12.1 Å². The fraction of sp³-hybridized carbons (Fsp3) is 0.385. The van der Waals surface area contributed by atoms with Crippen LogP contribution in [0.4, 0.5) is 0 Å². The fourth-order valence-corrected chi connectivity index (χ4v) is 5.00. The van der Waals surface area contributed by atoms with E-state index in [9.17, 15) is 0 Å². The SMILES string of the molecule is c1cnc(CN(Cc2cnccn2)[C@H]2CCCC[C@@H]2N(Cc2cnccn2)Cc2cnccn2)cn1. The molecule has 36 heavy (non-hydrogen) atoms. The fourth-order valence-electron chi connectivity index (χ4n) is 5.00. The highest BCUT2D eigenvalue weighted by Gasteiger charge is 2.35. The first-order valence-electron chi connectivity index (χ1n) is 12.3.